The van der Waals surface area contributed by atoms with Crippen LogP contribution in [0.25, 0.3) is 5.57 Å². The van der Waals surface area contributed by atoms with E-state index in [4.69, 9.17) is 15.2 Å². The maximum absolute atomic E-state index is 10.9. The van der Waals surface area contributed by atoms with Crippen molar-refractivity contribution >= 4 is 11.5 Å². The molecule has 4 heteroatoms. The lowest BCUT2D eigenvalue weighted by atomic mass is 10.1. The Morgan fingerprint density at radius 3 is 2.33 bits per heavy atom. The van der Waals surface area contributed by atoms with Crippen LogP contribution in [0, 0.1) is 0 Å². The van der Waals surface area contributed by atoms with Gasteiger partial charge >= 0.3 is 0 Å². The van der Waals surface area contributed by atoms with Crippen molar-refractivity contribution in [2.45, 2.75) is 0 Å². The van der Waals surface area contributed by atoms with E-state index in [1.807, 2.05) is 0 Å². The summed E-state index contributed by atoms with van der Waals surface area (Å²) in [5.74, 6) is 0.582. The Labute approximate surface area is 88.3 Å². The number of hydrogen-bond acceptors (Lipinski definition) is 3. The third kappa shape index (κ3) is 2.28. The van der Waals surface area contributed by atoms with Crippen molar-refractivity contribution < 1.29 is 14.3 Å². The van der Waals surface area contributed by atoms with Gasteiger partial charge in [0.25, 0.3) is 0 Å². The topological polar surface area (TPSA) is 61.6 Å². The quantitative estimate of drug-likeness (QED) is 0.754. The molecule has 0 atom stereocenters. The van der Waals surface area contributed by atoms with Gasteiger partial charge in [0.2, 0.25) is 5.91 Å². The Hall–Kier alpha value is -1.97. The average Bonchev–Trinajstić information content (AvgIpc) is 2.26. The minimum Gasteiger partial charge on any atom is -0.493 e. The second kappa shape index (κ2) is 4.50. The molecule has 1 amide bonds. The molecule has 1 rings (SSSR count). The number of methoxy groups -OCH3 is 2. The molecule has 0 unspecified atom stereocenters. The Morgan fingerprint density at radius 1 is 1.27 bits per heavy atom. The van der Waals surface area contributed by atoms with Crippen molar-refractivity contribution in [1.82, 2.24) is 0 Å². The highest BCUT2D eigenvalue weighted by Gasteiger charge is 2.09. The van der Waals surface area contributed by atoms with Crippen molar-refractivity contribution in [2.24, 2.45) is 5.73 Å². The van der Waals surface area contributed by atoms with E-state index in [2.05, 4.69) is 6.58 Å². The van der Waals surface area contributed by atoms with Crippen LogP contribution in [0.1, 0.15) is 5.56 Å². The zero-order chi connectivity index (χ0) is 11.4. The van der Waals surface area contributed by atoms with E-state index in [-0.39, 0.29) is 5.57 Å². The first-order valence-electron chi connectivity index (χ1n) is 4.31. The highest BCUT2D eigenvalue weighted by molar-refractivity contribution is 6.17. The Morgan fingerprint density at radius 2 is 1.87 bits per heavy atom. The highest BCUT2D eigenvalue weighted by Crippen LogP contribution is 2.29. The molecule has 80 valence electrons. The number of carbonyl (C=O) groups excluding carboxylic acids is 1. The molecule has 0 bridgehead atoms. The fraction of sp³-hybridized carbons (Fsp3) is 0.182. The lowest BCUT2D eigenvalue weighted by Crippen LogP contribution is -2.12. The van der Waals surface area contributed by atoms with Crippen LogP contribution in [0.3, 0.4) is 0 Å². The standard InChI is InChI=1S/C11H13NO3/c1-7(11(12)13)8-4-5-9(14-2)10(6-8)15-3/h4-6H,1H2,2-3H3,(H2,12,13). The lowest BCUT2D eigenvalue weighted by Gasteiger charge is -2.09. The van der Waals surface area contributed by atoms with Crippen LogP contribution in [-0.4, -0.2) is 20.1 Å². The molecule has 0 aliphatic carbocycles. The third-order valence-corrected chi connectivity index (χ3v) is 2.03. The molecule has 0 saturated heterocycles. The predicted octanol–water partition coefficient (Wildman–Crippen LogP) is 1.20. The van der Waals surface area contributed by atoms with E-state index < -0.39 is 5.91 Å². The van der Waals surface area contributed by atoms with Gasteiger partial charge in [-0.3, -0.25) is 4.79 Å². The van der Waals surface area contributed by atoms with Crippen LogP contribution in [0.15, 0.2) is 24.8 Å². The molecule has 15 heavy (non-hydrogen) atoms. The number of primary amides is 1. The summed E-state index contributed by atoms with van der Waals surface area (Å²) in [5, 5.41) is 0. The summed E-state index contributed by atoms with van der Waals surface area (Å²) in [6.07, 6.45) is 0. The first-order chi connectivity index (χ1) is 7.10. The molecular formula is C11H13NO3. The normalized spacial score (nSPS) is 9.47. The molecule has 0 saturated carbocycles. The summed E-state index contributed by atoms with van der Waals surface area (Å²) in [7, 11) is 3.06. The van der Waals surface area contributed by atoms with Gasteiger partial charge in [-0.25, -0.2) is 0 Å². The van der Waals surface area contributed by atoms with Gasteiger partial charge in [-0.15, -0.1) is 0 Å². The highest BCUT2D eigenvalue weighted by atomic mass is 16.5. The van der Waals surface area contributed by atoms with Crippen molar-refractivity contribution in [3.63, 3.8) is 0 Å². The van der Waals surface area contributed by atoms with Crippen molar-refractivity contribution in [2.75, 3.05) is 14.2 Å². The van der Waals surface area contributed by atoms with Crippen molar-refractivity contribution in [3.05, 3.63) is 30.3 Å². The van der Waals surface area contributed by atoms with Crippen molar-refractivity contribution in [3.8, 4) is 11.5 Å². The second-order valence-electron chi connectivity index (χ2n) is 2.91. The van der Waals surface area contributed by atoms with E-state index in [0.717, 1.165) is 0 Å². The molecular weight excluding hydrogens is 194 g/mol. The first-order valence-corrected chi connectivity index (χ1v) is 4.31. The fourth-order valence-corrected chi connectivity index (χ4v) is 1.17. The molecule has 0 fully saturated rings. The van der Waals surface area contributed by atoms with Gasteiger partial charge in [-0.1, -0.05) is 12.6 Å². The number of ether oxygens (including phenoxy) is 2. The number of amides is 1. The van der Waals surface area contributed by atoms with Gasteiger partial charge in [-0.05, 0) is 17.7 Å². The summed E-state index contributed by atoms with van der Waals surface area (Å²) in [4.78, 5) is 10.9. The number of hydrogen-bond donors (Lipinski definition) is 1. The Bertz CT molecular complexity index is 399. The van der Waals surface area contributed by atoms with E-state index >= 15 is 0 Å². The van der Waals surface area contributed by atoms with Gasteiger partial charge in [0.15, 0.2) is 11.5 Å². The number of carbonyl (C=O) groups is 1. The fourth-order valence-electron chi connectivity index (χ4n) is 1.17. The zero-order valence-electron chi connectivity index (χ0n) is 8.74. The van der Waals surface area contributed by atoms with Crippen LogP contribution in [0.5, 0.6) is 11.5 Å². The number of nitrogens with two attached hydrogens (primary N) is 1. The smallest absolute Gasteiger partial charge is 0.248 e. The third-order valence-electron chi connectivity index (χ3n) is 2.03. The van der Waals surface area contributed by atoms with Gasteiger partial charge in [0.05, 0.1) is 14.2 Å². The van der Waals surface area contributed by atoms with E-state index in [1.54, 1.807) is 25.3 Å². The van der Waals surface area contributed by atoms with Crippen LogP contribution >= 0.6 is 0 Å². The molecule has 0 heterocycles. The summed E-state index contributed by atoms with van der Waals surface area (Å²) < 4.78 is 10.1. The first kappa shape index (κ1) is 11.1. The minimum absolute atomic E-state index is 0.246. The number of rotatable bonds is 4. The SMILES string of the molecule is C=C(C(N)=O)c1ccc(OC)c(OC)c1. The molecule has 0 radical (unpaired) electrons. The average molecular weight is 207 g/mol. The number of benzene rings is 1. The molecule has 1 aromatic rings. The Balaban J connectivity index is 3.13. The zero-order valence-corrected chi connectivity index (χ0v) is 8.74. The predicted molar refractivity (Wildman–Crippen MR) is 57.8 cm³/mol. The van der Waals surface area contributed by atoms with Gasteiger partial charge in [-0.2, -0.15) is 0 Å². The summed E-state index contributed by atoms with van der Waals surface area (Å²) in [6.45, 7) is 3.58. The second-order valence-corrected chi connectivity index (χ2v) is 2.91. The maximum atomic E-state index is 10.9. The van der Waals surface area contributed by atoms with E-state index in [0.29, 0.717) is 17.1 Å². The minimum atomic E-state index is -0.554. The van der Waals surface area contributed by atoms with Crippen LogP contribution in [0.4, 0.5) is 0 Å². The lowest BCUT2D eigenvalue weighted by molar-refractivity contribution is -0.112. The molecule has 0 aromatic heterocycles. The summed E-state index contributed by atoms with van der Waals surface area (Å²) in [5.41, 5.74) is 5.99. The molecule has 0 aliphatic rings. The van der Waals surface area contributed by atoms with E-state index in [1.165, 1.54) is 7.11 Å². The van der Waals surface area contributed by atoms with Crippen LogP contribution in [-0.2, 0) is 4.79 Å². The van der Waals surface area contributed by atoms with Gasteiger partial charge in [0, 0.05) is 5.57 Å². The molecule has 2 N–H and O–H groups in total. The summed E-state index contributed by atoms with van der Waals surface area (Å²) >= 11 is 0. The monoisotopic (exact) mass is 207 g/mol. The van der Waals surface area contributed by atoms with Crippen molar-refractivity contribution in [1.29, 1.82) is 0 Å². The Kier molecular flexibility index (Phi) is 3.33. The van der Waals surface area contributed by atoms with Gasteiger partial charge in [0.1, 0.15) is 0 Å². The molecule has 0 spiro atoms. The largest absolute Gasteiger partial charge is 0.493 e. The van der Waals surface area contributed by atoms with Crippen LogP contribution in [0.2, 0.25) is 0 Å². The maximum Gasteiger partial charge on any atom is 0.248 e. The van der Waals surface area contributed by atoms with Gasteiger partial charge < -0.3 is 15.2 Å². The molecule has 1 aromatic carbocycles. The van der Waals surface area contributed by atoms with E-state index in [9.17, 15) is 4.79 Å². The summed E-state index contributed by atoms with van der Waals surface area (Å²) in [6, 6.07) is 5.06. The van der Waals surface area contributed by atoms with Crippen LogP contribution < -0.4 is 15.2 Å². The molecule has 4 nitrogen and oxygen atoms in total. The molecule has 0 aliphatic heterocycles.